The minimum Gasteiger partial charge on any atom is -0.457 e. The third-order valence-corrected chi connectivity index (χ3v) is 4.86. The number of hydrogen-bond acceptors (Lipinski definition) is 5. The van der Waals surface area contributed by atoms with E-state index >= 15 is 0 Å². The Hall–Kier alpha value is -2.89. The largest absolute Gasteiger partial charge is 0.457 e. The number of nitro benzene ring substituents is 1. The highest BCUT2D eigenvalue weighted by Crippen LogP contribution is 2.32. The molecule has 0 unspecified atom stereocenters. The molecule has 1 aliphatic heterocycles. The van der Waals surface area contributed by atoms with E-state index in [9.17, 15) is 14.9 Å². The summed E-state index contributed by atoms with van der Waals surface area (Å²) in [5.41, 5.74) is 2.69. The van der Waals surface area contributed by atoms with Crippen LogP contribution in [0.1, 0.15) is 41.3 Å². The summed E-state index contributed by atoms with van der Waals surface area (Å²) < 4.78 is 5.33. The van der Waals surface area contributed by atoms with Crippen molar-refractivity contribution in [3.63, 3.8) is 0 Å². The predicted octanol–water partition coefficient (Wildman–Crippen LogP) is 4.50. The molecule has 0 aromatic heterocycles. The van der Waals surface area contributed by atoms with E-state index in [0.717, 1.165) is 37.1 Å². The fourth-order valence-electron chi connectivity index (χ4n) is 3.51. The predicted molar refractivity (Wildman–Crippen MR) is 104 cm³/mol. The summed E-state index contributed by atoms with van der Waals surface area (Å²) >= 11 is 0. The first-order valence-electron chi connectivity index (χ1n) is 9.20. The molecule has 3 rings (SSSR count). The maximum Gasteiger partial charge on any atom is 0.338 e. The summed E-state index contributed by atoms with van der Waals surface area (Å²) in [5.74, 6) is -0.0597. The Morgan fingerprint density at radius 3 is 2.81 bits per heavy atom. The van der Waals surface area contributed by atoms with Crippen molar-refractivity contribution in [1.29, 1.82) is 0 Å². The Morgan fingerprint density at radius 1 is 1.30 bits per heavy atom. The van der Waals surface area contributed by atoms with Gasteiger partial charge in [-0.1, -0.05) is 36.8 Å². The number of anilines is 1. The Kier molecular flexibility index (Phi) is 5.74. The monoisotopic (exact) mass is 368 g/mol. The molecule has 142 valence electrons. The van der Waals surface area contributed by atoms with Gasteiger partial charge in [0, 0.05) is 19.2 Å². The van der Waals surface area contributed by atoms with Crippen molar-refractivity contribution in [2.75, 3.05) is 18.0 Å². The zero-order chi connectivity index (χ0) is 19.4. The van der Waals surface area contributed by atoms with Crippen LogP contribution in [0.3, 0.4) is 0 Å². The van der Waals surface area contributed by atoms with E-state index < -0.39 is 10.9 Å². The highest BCUT2D eigenvalue weighted by atomic mass is 16.6. The van der Waals surface area contributed by atoms with Gasteiger partial charge in [-0.05, 0) is 43.4 Å². The molecule has 27 heavy (non-hydrogen) atoms. The number of nitro groups is 1. The van der Waals surface area contributed by atoms with Crippen LogP contribution in [0.5, 0.6) is 0 Å². The maximum absolute atomic E-state index is 12.4. The van der Waals surface area contributed by atoms with Crippen LogP contribution in [0.25, 0.3) is 0 Å². The van der Waals surface area contributed by atoms with E-state index in [-0.39, 0.29) is 17.9 Å². The lowest BCUT2D eigenvalue weighted by Crippen LogP contribution is -2.34. The normalized spacial score (nSPS) is 16.8. The van der Waals surface area contributed by atoms with Gasteiger partial charge in [-0.3, -0.25) is 10.1 Å². The molecule has 0 amide bonds. The number of carbonyl (C=O) groups excluding carboxylic acids is 1. The van der Waals surface area contributed by atoms with Crippen LogP contribution in [-0.4, -0.2) is 24.0 Å². The second-order valence-electron chi connectivity index (χ2n) is 7.22. The first kappa shape index (κ1) is 18.9. The number of ether oxygens (including phenoxy) is 1. The van der Waals surface area contributed by atoms with E-state index in [1.807, 2.05) is 36.1 Å². The molecule has 6 heteroatoms. The fourth-order valence-corrected chi connectivity index (χ4v) is 3.51. The topological polar surface area (TPSA) is 72.7 Å². The smallest absolute Gasteiger partial charge is 0.338 e. The van der Waals surface area contributed by atoms with Crippen LogP contribution in [-0.2, 0) is 11.3 Å². The van der Waals surface area contributed by atoms with Gasteiger partial charge in [0.1, 0.15) is 12.3 Å². The highest BCUT2D eigenvalue weighted by molar-refractivity contribution is 5.91. The van der Waals surface area contributed by atoms with Gasteiger partial charge in [-0.25, -0.2) is 4.79 Å². The van der Waals surface area contributed by atoms with Gasteiger partial charge in [0.2, 0.25) is 0 Å². The second-order valence-corrected chi connectivity index (χ2v) is 7.22. The number of carbonyl (C=O) groups is 1. The lowest BCUT2D eigenvalue weighted by atomic mass is 9.99. The van der Waals surface area contributed by atoms with Crippen LogP contribution in [0.4, 0.5) is 11.4 Å². The summed E-state index contributed by atoms with van der Waals surface area (Å²) in [4.78, 5) is 25.5. The number of esters is 1. The Morgan fingerprint density at radius 2 is 2.11 bits per heavy atom. The fraction of sp³-hybridized carbons (Fsp3) is 0.381. The molecule has 1 heterocycles. The van der Waals surface area contributed by atoms with Gasteiger partial charge >= 0.3 is 5.97 Å². The number of piperidine rings is 1. The number of aryl methyl sites for hydroxylation is 1. The molecule has 0 radical (unpaired) electrons. The Labute approximate surface area is 158 Å². The highest BCUT2D eigenvalue weighted by Gasteiger charge is 2.25. The van der Waals surface area contributed by atoms with E-state index in [0.29, 0.717) is 11.6 Å². The third kappa shape index (κ3) is 4.64. The molecule has 0 aliphatic carbocycles. The molecule has 0 saturated carbocycles. The van der Waals surface area contributed by atoms with Crippen LogP contribution in [0.15, 0.2) is 42.5 Å². The van der Waals surface area contributed by atoms with E-state index in [1.54, 1.807) is 12.1 Å². The molecule has 0 bridgehead atoms. The molecule has 6 nitrogen and oxygen atoms in total. The molecular weight excluding hydrogens is 344 g/mol. The summed E-state index contributed by atoms with van der Waals surface area (Å²) in [7, 11) is 0. The summed E-state index contributed by atoms with van der Waals surface area (Å²) in [6, 6.07) is 12.3. The third-order valence-electron chi connectivity index (χ3n) is 4.86. The van der Waals surface area contributed by atoms with Gasteiger partial charge in [0.15, 0.2) is 0 Å². The van der Waals surface area contributed by atoms with Crippen LogP contribution < -0.4 is 4.90 Å². The number of benzene rings is 2. The van der Waals surface area contributed by atoms with E-state index in [4.69, 9.17) is 4.74 Å². The van der Waals surface area contributed by atoms with Crippen molar-refractivity contribution >= 4 is 17.3 Å². The first-order valence-corrected chi connectivity index (χ1v) is 9.20. The molecule has 1 saturated heterocycles. The lowest BCUT2D eigenvalue weighted by molar-refractivity contribution is -0.384. The van der Waals surface area contributed by atoms with E-state index in [1.165, 1.54) is 6.07 Å². The van der Waals surface area contributed by atoms with Crippen LogP contribution in [0, 0.1) is 23.0 Å². The maximum atomic E-state index is 12.4. The quantitative estimate of drug-likeness (QED) is 0.441. The van der Waals surface area contributed by atoms with Gasteiger partial charge in [-0.15, -0.1) is 0 Å². The van der Waals surface area contributed by atoms with Gasteiger partial charge in [0.25, 0.3) is 5.69 Å². The minimum absolute atomic E-state index is 0.0471. The van der Waals surface area contributed by atoms with Crippen molar-refractivity contribution in [2.24, 2.45) is 5.92 Å². The zero-order valence-electron chi connectivity index (χ0n) is 15.7. The van der Waals surface area contributed by atoms with Gasteiger partial charge in [-0.2, -0.15) is 0 Å². The summed E-state index contributed by atoms with van der Waals surface area (Å²) in [6.45, 7) is 5.84. The molecule has 0 N–H and O–H groups in total. The van der Waals surface area contributed by atoms with Crippen molar-refractivity contribution in [1.82, 2.24) is 0 Å². The standard InChI is InChI=1S/C21H24N2O4/c1-15-5-3-7-17(11-15)14-27-21(24)18-8-9-19(20(12-18)23(25)26)22-10-4-6-16(2)13-22/h3,5,7-9,11-12,16H,4,6,10,13-14H2,1-2H3/t16-/m1/s1. The van der Waals surface area contributed by atoms with E-state index in [2.05, 4.69) is 6.92 Å². The van der Waals surface area contributed by atoms with Crippen molar-refractivity contribution in [3.05, 3.63) is 69.3 Å². The average molecular weight is 368 g/mol. The van der Waals surface area contributed by atoms with Crippen molar-refractivity contribution in [3.8, 4) is 0 Å². The zero-order valence-corrected chi connectivity index (χ0v) is 15.7. The summed E-state index contributed by atoms with van der Waals surface area (Å²) in [5, 5.41) is 11.6. The van der Waals surface area contributed by atoms with Crippen LogP contribution >= 0.6 is 0 Å². The van der Waals surface area contributed by atoms with Crippen LogP contribution in [0.2, 0.25) is 0 Å². The van der Waals surface area contributed by atoms with Crippen molar-refractivity contribution < 1.29 is 14.5 Å². The molecule has 1 fully saturated rings. The lowest BCUT2D eigenvalue weighted by Gasteiger charge is -2.32. The Bertz CT molecular complexity index is 850. The van der Waals surface area contributed by atoms with Crippen molar-refractivity contribution in [2.45, 2.75) is 33.3 Å². The molecule has 0 spiro atoms. The first-order chi connectivity index (χ1) is 12.9. The second kappa shape index (κ2) is 8.20. The Balaban J connectivity index is 1.76. The molecular formula is C21H24N2O4. The SMILES string of the molecule is Cc1cccc(COC(=O)c2ccc(N3CCC[C@@H](C)C3)c([N+](=O)[O-])c2)c1. The number of nitrogens with zero attached hydrogens (tertiary/aromatic N) is 2. The van der Waals surface area contributed by atoms with Gasteiger partial charge in [0.05, 0.1) is 10.5 Å². The molecule has 2 aromatic carbocycles. The summed E-state index contributed by atoms with van der Waals surface area (Å²) in [6.07, 6.45) is 2.15. The molecule has 1 aliphatic rings. The minimum atomic E-state index is -0.557. The average Bonchev–Trinajstić information content (AvgIpc) is 2.65. The number of hydrogen-bond donors (Lipinski definition) is 0. The number of rotatable bonds is 5. The molecule has 1 atom stereocenters. The molecule has 2 aromatic rings. The van der Waals surface area contributed by atoms with Gasteiger partial charge < -0.3 is 9.64 Å².